The summed E-state index contributed by atoms with van der Waals surface area (Å²) in [7, 11) is 0. The summed E-state index contributed by atoms with van der Waals surface area (Å²) in [6.45, 7) is 0. The second-order valence-corrected chi connectivity index (χ2v) is 4.61. The Bertz CT molecular complexity index is 650. The van der Waals surface area contributed by atoms with Gasteiger partial charge in [-0.15, -0.1) is 0 Å². The molecular formula is C14H11FN2O2S. The number of carbonyl (C=O) groups is 2. The van der Waals surface area contributed by atoms with Gasteiger partial charge >= 0.3 is 0 Å². The molecule has 0 bridgehead atoms. The fourth-order valence-corrected chi connectivity index (χ4v) is 1.98. The number of hydrogen-bond acceptors (Lipinski definition) is 3. The van der Waals surface area contributed by atoms with Crippen LogP contribution in [0.5, 0.6) is 0 Å². The summed E-state index contributed by atoms with van der Waals surface area (Å²) in [6, 6.07) is 8.18. The number of halogens is 1. The normalized spacial score (nSPS) is 11.8. The van der Waals surface area contributed by atoms with Gasteiger partial charge in [0.25, 0.3) is 0 Å². The Morgan fingerprint density at radius 2 is 1.70 bits per heavy atom. The average Bonchev–Trinajstić information content (AvgIpc) is 2.93. The van der Waals surface area contributed by atoms with Crippen LogP contribution >= 0.6 is 12.2 Å². The molecule has 2 aromatic rings. The van der Waals surface area contributed by atoms with Crippen molar-refractivity contribution in [2.45, 2.75) is 0 Å². The van der Waals surface area contributed by atoms with E-state index in [0.717, 1.165) is 12.1 Å². The Hall–Kier alpha value is -2.34. The van der Waals surface area contributed by atoms with Gasteiger partial charge in [0.2, 0.25) is 5.91 Å². The summed E-state index contributed by atoms with van der Waals surface area (Å²) < 4.78 is 14.1. The van der Waals surface area contributed by atoms with Gasteiger partial charge in [-0.1, -0.05) is 12.2 Å². The molecule has 0 radical (unpaired) electrons. The summed E-state index contributed by atoms with van der Waals surface area (Å²) in [6.07, 6.45) is 3.01. The second kappa shape index (κ2) is 5.75. The first kappa shape index (κ1) is 14.1. The van der Waals surface area contributed by atoms with Gasteiger partial charge in [0.05, 0.1) is 4.99 Å². The predicted octanol–water partition coefficient (Wildman–Crippen LogP) is 2.05. The zero-order valence-electron chi connectivity index (χ0n) is 10.3. The summed E-state index contributed by atoms with van der Waals surface area (Å²) in [5, 5.41) is 0. The maximum absolute atomic E-state index is 12.9. The van der Waals surface area contributed by atoms with Gasteiger partial charge < -0.3 is 5.73 Å². The third-order valence-electron chi connectivity index (χ3n) is 2.78. The minimum Gasteiger partial charge on any atom is -0.392 e. The van der Waals surface area contributed by atoms with Crippen LogP contribution in [-0.2, 0) is 0 Å². The smallest absolute Gasteiger partial charge is 0.248 e. The van der Waals surface area contributed by atoms with Crippen LogP contribution in [0.3, 0.4) is 0 Å². The standard InChI is InChI=1S/C14H11FN2O2S/c15-10-5-3-9(4-6-10)12(18)11(13(16)20)14(19)17-7-1-2-8-17/h1-8,11H,(H2,16,20). The van der Waals surface area contributed by atoms with Crippen LogP contribution in [0.15, 0.2) is 48.8 Å². The molecule has 0 amide bonds. The molecule has 2 N–H and O–H groups in total. The molecule has 1 aromatic carbocycles. The van der Waals surface area contributed by atoms with Crippen LogP contribution in [0.25, 0.3) is 0 Å². The van der Waals surface area contributed by atoms with Gasteiger partial charge in [-0.25, -0.2) is 4.39 Å². The molecule has 0 aliphatic rings. The zero-order valence-corrected chi connectivity index (χ0v) is 11.1. The summed E-state index contributed by atoms with van der Waals surface area (Å²) in [5.41, 5.74) is 5.70. The molecule has 1 atom stereocenters. The fraction of sp³-hybridized carbons (Fsp3) is 0.0714. The van der Waals surface area contributed by atoms with E-state index in [-0.39, 0.29) is 10.6 Å². The fourth-order valence-electron chi connectivity index (χ4n) is 1.77. The quantitative estimate of drug-likeness (QED) is 0.532. The Kier molecular flexibility index (Phi) is 4.05. The molecule has 6 heteroatoms. The van der Waals surface area contributed by atoms with Crippen LogP contribution in [0.2, 0.25) is 0 Å². The molecular weight excluding hydrogens is 279 g/mol. The Balaban J connectivity index is 2.34. The van der Waals surface area contributed by atoms with E-state index >= 15 is 0 Å². The second-order valence-electron chi connectivity index (χ2n) is 4.14. The largest absolute Gasteiger partial charge is 0.392 e. The minimum absolute atomic E-state index is 0.185. The zero-order chi connectivity index (χ0) is 14.7. The molecule has 0 fully saturated rings. The Labute approximate surface area is 120 Å². The maximum atomic E-state index is 12.9. The predicted molar refractivity (Wildman–Crippen MR) is 76.1 cm³/mol. The molecule has 0 aliphatic heterocycles. The van der Waals surface area contributed by atoms with Crippen molar-refractivity contribution in [3.05, 3.63) is 60.2 Å². The van der Waals surface area contributed by atoms with Crippen LogP contribution < -0.4 is 5.73 Å². The van der Waals surface area contributed by atoms with Crippen molar-refractivity contribution in [2.75, 3.05) is 0 Å². The number of Topliss-reactive ketones (excluding diaryl/α,β-unsaturated/α-hetero) is 1. The highest BCUT2D eigenvalue weighted by molar-refractivity contribution is 7.80. The van der Waals surface area contributed by atoms with E-state index < -0.39 is 23.4 Å². The van der Waals surface area contributed by atoms with Crippen molar-refractivity contribution in [2.24, 2.45) is 11.7 Å². The first-order valence-corrected chi connectivity index (χ1v) is 6.18. The first-order chi connectivity index (χ1) is 9.50. The SMILES string of the molecule is NC(=S)C(C(=O)c1ccc(F)cc1)C(=O)n1cccc1. The summed E-state index contributed by atoms with van der Waals surface area (Å²) in [4.78, 5) is 24.3. The molecule has 1 heterocycles. The van der Waals surface area contributed by atoms with Crippen LogP contribution in [0.1, 0.15) is 15.2 Å². The number of hydrogen-bond donors (Lipinski definition) is 1. The number of nitrogens with zero attached hydrogens (tertiary/aromatic N) is 1. The first-order valence-electron chi connectivity index (χ1n) is 5.77. The average molecular weight is 290 g/mol. The lowest BCUT2D eigenvalue weighted by Gasteiger charge is -2.13. The van der Waals surface area contributed by atoms with E-state index in [2.05, 4.69) is 0 Å². The van der Waals surface area contributed by atoms with Crippen LogP contribution in [0.4, 0.5) is 4.39 Å². The molecule has 102 valence electrons. The Morgan fingerprint density at radius 3 is 2.20 bits per heavy atom. The lowest BCUT2D eigenvalue weighted by Crippen LogP contribution is -2.38. The highest BCUT2D eigenvalue weighted by atomic mass is 32.1. The molecule has 0 saturated carbocycles. The van der Waals surface area contributed by atoms with E-state index in [1.807, 2.05) is 0 Å². The lowest BCUT2D eigenvalue weighted by atomic mass is 9.96. The van der Waals surface area contributed by atoms with Crippen LogP contribution in [0, 0.1) is 11.7 Å². The van der Waals surface area contributed by atoms with Gasteiger partial charge in [-0.2, -0.15) is 0 Å². The van der Waals surface area contributed by atoms with Crippen LogP contribution in [-0.4, -0.2) is 21.2 Å². The number of benzene rings is 1. The summed E-state index contributed by atoms with van der Waals surface area (Å²) in [5.74, 6) is -2.80. The number of carbonyl (C=O) groups excluding carboxylic acids is 2. The molecule has 0 aliphatic carbocycles. The molecule has 0 spiro atoms. The lowest BCUT2D eigenvalue weighted by molar-refractivity contribution is 0.0801. The van der Waals surface area contributed by atoms with Crippen molar-refractivity contribution < 1.29 is 14.0 Å². The number of nitrogens with two attached hydrogens (primary N) is 1. The monoisotopic (exact) mass is 290 g/mol. The molecule has 1 unspecified atom stereocenters. The van der Waals surface area contributed by atoms with Crippen molar-refractivity contribution in [3.63, 3.8) is 0 Å². The van der Waals surface area contributed by atoms with Gasteiger partial charge in [0, 0.05) is 18.0 Å². The molecule has 1 aromatic heterocycles. The number of rotatable bonds is 4. The van der Waals surface area contributed by atoms with Crippen molar-refractivity contribution in [1.29, 1.82) is 0 Å². The highest BCUT2D eigenvalue weighted by Gasteiger charge is 2.31. The molecule has 0 saturated heterocycles. The van der Waals surface area contributed by atoms with Gasteiger partial charge in [0.1, 0.15) is 5.82 Å². The topological polar surface area (TPSA) is 65.1 Å². The van der Waals surface area contributed by atoms with Crippen molar-refractivity contribution in [3.8, 4) is 0 Å². The number of thiocarbonyl (C=S) groups is 1. The number of ketones is 1. The molecule has 2 rings (SSSR count). The van der Waals surface area contributed by atoms with E-state index in [1.54, 1.807) is 12.1 Å². The maximum Gasteiger partial charge on any atom is 0.248 e. The molecule has 20 heavy (non-hydrogen) atoms. The van der Waals surface area contributed by atoms with Gasteiger partial charge in [-0.05, 0) is 36.4 Å². The number of aromatic nitrogens is 1. The van der Waals surface area contributed by atoms with Crippen molar-refractivity contribution >= 4 is 28.9 Å². The van der Waals surface area contributed by atoms with Gasteiger partial charge in [0.15, 0.2) is 11.7 Å². The third-order valence-corrected chi connectivity index (χ3v) is 3.02. The highest BCUT2D eigenvalue weighted by Crippen LogP contribution is 2.13. The third kappa shape index (κ3) is 2.80. The van der Waals surface area contributed by atoms with Gasteiger partial charge in [-0.3, -0.25) is 14.2 Å². The van der Waals surface area contributed by atoms with E-state index in [9.17, 15) is 14.0 Å². The van der Waals surface area contributed by atoms with Crippen molar-refractivity contribution in [1.82, 2.24) is 4.57 Å². The van der Waals surface area contributed by atoms with E-state index in [0.29, 0.717) is 0 Å². The summed E-state index contributed by atoms with van der Waals surface area (Å²) >= 11 is 4.82. The Morgan fingerprint density at radius 1 is 1.15 bits per heavy atom. The van der Waals surface area contributed by atoms with E-state index in [1.165, 1.54) is 29.1 Å². The minimum atomic E-state index is -1.26. The van der Waals surface area contributed by atoms with E-state index in [4.69, 9.17) is 18.0 Å². The molecule has 4 nitrogen and oxygen atoms in total.